The van der Waals surface area contributed by atoms with Gasteiger partial charge in [-0.25, -0.2) is 4.98 Å². The van der Waals surface area contributed by atoms with Crippen molar-refractivity contribution < 1.29 is 10.0 Å². The van der Waals surface area contributed by atoms with Crippen molar-refractivity contribution in [3.8, 4) is 0 Å². The normalized spacial score (nSPS) is 12.2. The van der Waals surface area contributed by atoms with Crippen LogP contribution in [0.3, 0.4) is 0 Å². The number of anilines is 1. The van der Waals surface area contributed by atoms with E-state index in [-0.39, 0.29) is 29.0 Å². The average Bonchev–Trinajstić information content (AvgIpc) is 2.25. The van der Waals surface area contributed by atoms with Crippen molar-refractivity contribution in [1.29, 1.82) is 0 Å². The second-order valence-corrected chi connectivity index (χ2v) is 4.19. The van der Waals surface area contributed by atoms with E-state index in [1.165, 1.54) is 6.92 Å². The van der Waals surface area contributed by atoms with Crippen molar-refractivity contribution in [1.82, 2.24) is 9.97 Å². The highest BCUT2D eigenvalue weighted by atomic mass is 35.5. The van der Waals surface area contributed by atoms with E-state index < -0.39 is 11.0 Å². The van der Waals surface area contributed by atoms with E-state index in [4.69, 9.17) is 11.6 Å². The third kappa shape index (κ3) is 3.78. The largest absolute Gasteiger partial charge is 0.391 e. The van der Waals surface area contributed by atoms with E-state index >= 15 is 0 Å². The Morgan fingerprint density at radius 1 is 1.56 bits per heavy atom. The summed E-state index contributed by atoms with van der Waals surface area (Å²) in [6.07, 6.45) is 0.858. The highest BCUT2D eigenvalue weighted by Gasteiger charge is 2.21. The molecule has 1 atom stereocenters. The molecule has 0 aliphatic rings. The highest BCUT2D eigenvalue weighted by molar-refractivity contribution is 6.28. The van der Waals surface area contributed by atoms with Gasteiger partial charge in [-0.05, 0) is 24.9 Å². The summed E-state index contributed by atoms with van der Waals surface area (Å²) in [5.74, 6) is 0.0349. The zero-order valence-electron chi connectivity index (χ0n) is 10.2. The highest BCUT2D eigenvalue weighted by Crippen LogP contribution is 2.26. The molecule has 7 nitrogen and oxygen atoms in total. The summed E-state index contributed by atoms with van der Waals surface area (Å²) in [5.41, 5.74) is -0.0319. The number of halogens is 1. The van der Waals surface area contributed by atoms with E-state index in [1.54, 1.807) is 0 Å². The molecule has 0 aromatic carbocycles. The number of nitrogens with one attached hydrogen (secondary N) is 1. The van der Waals surface area contributed by atoms with Crippen LogP contribution in [0.1, 0.15) is 25.5 Å². The predicted molar refractivity (Wildman–Crippen MR) is 67.8 cm³/mol. The third-order valence-corrected chi connectivity index (χ3v) is 2.51. The first-order chi connectivity index (χ1) is 8.45. The fraction of sp³-hybridized carbons (Fsp3) is 0.600. The summed E-state index contributed by atoms with van der Waals surface area (Å²) in [7, 11) is 0. The minimum atomic E-state index is -0.580. The molecule has 0 fully saturated rings. The van der Waals surface area contributed by atoms with Gasteiger partial charge in [-0.3, -0.25) is 10.1 Å². The maximum Gasteiger partial charge on any atom is 0.332 e. The number of aromatic nitrogens is 2. The van der Waals surface area contributed by atoms with Crippen LogP contribution in [0.15, 0.2) is 0 Å². The SMILES string of the molecule is CCCC(O)CNc1nc(Cl)nc(C)c1[N+](=O)[O-]. The van der Waals surface area contributed by atoms with Crippen LogP contribution in [0.5, 0.6) is 0 Å². The van der Waals surface area contributed by atoms with Crippen LogP contribution in [0.2, 0.25) is 5.28 Å². The summed E-state index contributed by atoms with van der Waals surface area (Å²) < 4.78 is 0. The number of hydrogen-bond donors (Lipinski definition) is 2. The zero-order chi connectivity index (χ0) is 13.7. The first-order valence-electron chi connectivity index (χ1n) is 5.56. The monoisotopic (exact) mass is 274 g/mol. The minimum Gasteiger partial charge on any atom is -0.391 e. The van der Waals surface area contributed by atoms with Gasteiger partial charge in [-0.2, -0.15) is 4.98 Å². The lowest BCUT2D eigenvalue weighted by Crippen LogP contribution is -2.20. The van der Waals surface area contributed by atoms with Crippen LogP contribution in [-0.4, -0.2) is 32.6 Å². The number of aliphatic hydroxyl groups excluding tert-OH is 1. The van der Waals surface area contributed by atoms with Crippen molar-refractivity contribution in [2.45, 2.75) is 32.8 Å². The Balaban J connectivity index is 2.90. The van der Waals surface area contributed by atoms with Gasteiger partial charge < -0.3 is 10.4 Å². The molecule has 0 aliphatic heterocycles. The molecule has 100 valence electrons. The van der Waals surface area contributed by atoms with E-state index in [1.807, 2.05) is 6.92 Å². The molecule has 1 heterocycles. The number of aryl methyl sites for hydroxylation is 1. The quantitative estimate of drug-likeness (QED) is 0.467. The van der Waals surface area contributed by atoms with E-state index in [0.717, 1.165) is 6.42 Å². The summed E-state index contributed by atoms with van der Waals surface area (Å²) in [6, 6.07) is 0. The molecule has 0 amide bonds. The predicted octanol–water partition coefficient (Wildman–Crippen LogP) is 1.92. The van der Waals surface area contributed by atoms with Crippen molar-refractivity contribution in [3.63, 3.8) is 0 Å². The van der Waals surface area contributed by atoms with E-state index in [0.29, 0.717) is 6.42 Å². The second kappa shape index (κ2) is 6.46. The Morgan fingerprint density at radius 2 is 2.22 bits per heavy atom. The Labute approximate surface area is 109 Å². The number of rotatable bonds is 6. The van der Waals surface area contributed by atoms with Crippen molar-refractivity contribution >= 4 is 23.1 Å². The van der Waals surface area contributed by atoms with Crippen LogP contribution in [0.25, 0.3) is 0 Å². The Hall–Kier alpha value is -1.47. The van der Waals surface area contributed by atoms with E-state index in [2.05, 4.69) is 15.3 Å². The van der Waals surface area contributed by atoms with Gasteiger partial charge in [-0.15, -0.1) is 0 Å². The zero-order valence-corrected chi connectivity index (χ0v) is 10.9. The Morgan fingerprint density at radius 3 is 2.78 bits per heavy atom. The van der Waals surface area contributed by atoms with Crippen LogP contribution in [0.4, 0.5) is 11.5 Å². The Bertz CT molecular complexity index is 441. The topological polar surface area (TPSA) is 101 Å². The molecule has 1 unspecified atom stereocenters. The first-order valence-corrected chi connectivity index (χ1v) is 5.94. The molecule has 1 rings (SSSR count). The van der Waals surface area contributed by atoms with Crippen LogP contribution in [0, 0.1) is 17.0 Å². The first kappa shape index (κ1) is 14.6. The van der Waals surface area contributed by atoms with Crippen molar-refractivity contribution in [2.24, 2.45) is 0 Å². The van der Waals surface area contributed by atoms with Gasteiger partial charge in [0.2, 0.25) is 11.1 Å². The lowest BCUT2D eigenvalue weighted by Gasteiger charge is -2.11. The van der Waals surface area contributed by atoms with Gasteiger partial charge in [0.25, 0.3) is 0 Å². The molecule has 0 bridgehead atoms. The molecular weight excluding hydrogens is 260 g/mol. The van der Waals surface area contributed by atoms with Crippen molar-refractivity contribution in [3.05, 3.63) is 21.1 Å². The molecule has 0 saturated carbocycles. The number of aliphatic hydroxyl groups is 1. The van der Waals surface area contributed by atoms with Crippen molar-refractivity contribution in [2.75, 3.05) is 11.9 Å². The number of nitrogens with zero attached hydrogens (tertiary/aromatic N) is 3. The fourth-order valence-electron chi connectivity index (χ4n) is 1.52. The fourth-order valence-corrected chi connectivity index (χ4v) is 1.74. The van der Waals surface area contributed by atoms with Crippen LogP contribution in [-0.2, 0) is 0 Å². The number of hydrogen-bond acceptors (Lipinski definition) is 6. The summed E-state index contributed by atoms with van der Waals surface area (Å²) >= 11 is 5.66. The smallest absolute Gasteiger partial charge is 0.332 e. The molecule has 2 N–H and O–H groups in total. The van der Waals surface area contributed by atoms with Gasteiger partial charge in [-0.1, -0.05) is 13.3 Å². The third-order valence-electron chi connectivity index (χ3n) is 2.34. The van der Waals surface area contributed by atoms with Gasteiger partial charge in [0, 0.05) is 6.54 Å². The standard InChI is InChI=1S/C10H15ClN4O3/c1-3-4-7(16)5-12-9-8(15(17)18)6(2)13-10(11)14-9/h7,16H,3-5H2,1-2H3,(H,12,13,14). The second-order valence-electron chi connectivity index (χ2n) is 3.86. The lowest BCUT2D eigenvalue weighted by atomic mass is 10.2. The lowest BCUT2D eigenvalue weighted by molar-refractivity contribution is -0.385. The molecule has 1 aromatic rings. The maximum absolute atomic E-state index is 10.9. The summed E-state index contributed by atoms with van der Waals surface area (Å²) in [4.78, 5) is 17.8. The molecule has 0 saturated heterocycles. The average molecular weight is 275 g/mol. The molecule has 0 aliphatic carbocycles. The summed E-state index contributed by atoms with van der Waals surface area (Å²) in [6.45, 7) is 3.61. The van der Waals surface area contributed by atoms with Gasteiger partial charge in [0.1, 0.15) is 5.69 Å². The molecular formula is C10H15ClN4O3. The molecule has 18 heavy (non-hydrogen) atoms. The molecule has 8 heteroatoms. The maximum atomic E-state index is 10.9. The van der Waals surface area contributed by atoms with Crippen LogP contribution >= 0.6 is 11.6 Å². The van der Waals surface area contributed by atoms with Gasteiger partial charge >= 0.3 is 5.69 Å². The summed E-state index contributed by atoms with van der Waals surface area (Å²) in [5, 5.41) is 23.1. The molecule has 1 aromatic heterocycles. The minimum absolute atomic E-state index is 0.0349. The number of nitro groups is 1. The molecule has 0 spiro atoms. The van der Waals surface area contributed by atoms with Crippen LogP contribution < -0.4 is 5.32 Å². The molecule has 0 radical (unpaired) electrons. The Kier molecular flexibility index (Phi) is 5.24. The van der Waals surface area contributed by atoms with Gasteiger partial charge in [0.05, 0.1) is 11.0 Å². The van der Waals surface area contributed by atoms with Gasteiger partial charge in [0.15, 0.2) is 0 Å². The van der Waals surface area contributed by atoms with E-state index in [9.17, 15) is 15.2 Å².